The van der Waals surface area contributed by atoms with Crippen molar-refractivity contribution in [2.24, 2.45) is 5.92 Å². The Kier molecular flexibility index (Phi) is 5.60. The van der Waals surface area contributed by atoms with Crippen LogP contribution in [-0.4, -0.2) is 36.1 Å². The van der Waals surface area contributed by atoms with Gasteiger partial charge in [-0.25, -0.2) is 9.97 Å². The Labute approximate surface area is 170 Å². The van der Waals surface area contributed by atoms with Gasteiger partial charge in [-0.2, -0.15) is 0 Å². The number of anilines is 2. The van der Waals surface area contributed by atoms with E-state index in [1.807, 2.05) is 42.5 Å². The summed E-state index contributed by atoms with van der Waals surface area (Å²) < 4.78 is 5.49. The zero-order chi connectivity index (χ0) is 20.2. The van der Waals surface area contributed by atoms with Gasteiger partial charge >= 0.3 is 0 Å². The van der Waals surface area contributed by atoms with Crippen LogP contribution in [0.4, 0.5) is 11.5 Å². The summed E-state index contributed by atoms with van der Waals surface area (Å²) in [5.74, 6) is 1.37. The molecular formula is C23H26N4O2. The fraction of sp³-hybridized carbons (Fsp3) is 0.348. The number of carbonyl (C=O) groups excluding carboxylic acids is 1. The average molecular weight is 390 g/mol. The van der Waals surface area contributed by atoms with Crippen molar-refractivity contribution in [1.29, 1.82) is 0 Å². The van der Waals surface area contributed by atoms with Gasteiger partial charge in [0.05, 0.1) is 18.1 Å². The van der Waals surface area contributed by atoms with Gasteiger partial charge in [0.25, 0.3) is 5.88 Å². The van der Waals surface area contributed by atoms with Crippen LogP contribution in [0.1, 0.15) is 25.3 Å². The van der Waals surface area contributed by atoms with Gasteiger partial charge in [0.2, 0.25) is 5.91 Å². The molecule has 1 aromatic heterocycles. The summed E-state index contributed by atoms with van der Waals surface area (Å²) in [5.41, 5.74) is 3.76. The van der Waals surface area contributed by atoms with E-state index in [0.717, 1.165) is 54.9 Å². The van der Waals surface area contributed by atoms with Crippen LogP contribution in [0, 0.1) is 5.92 Å². The molecule has 0 aliphatic carbocycles. The highest BCUT2D eigenvalue weighted by molar-refractivity contribution is 5.92. The molecule has 0 saturated carbocycles. The topological polar surface area (TPSA) is 67.4 Å². The molecule has 0 bridgehead atoms. The van der Waals surface area contributed by atoms with E-state index in [-0.39, 0.29) is 11.8 Å². The first-order valence-electron chi connectivity index (χ1n) is 10.1. The van der Waals surface area contributed by atoms with Crippen LogP contribution in [0.5, 0.6) is 5.88 Å². The van der Waals surface area contributed by atoms with Crippen LogP contribution in [0.15, 0.2) is 48.5 Å². The number of rotatable bonds is 5. The number of hydrogen-bond donors (Lipinski definition) is 1. The molecule has 2 heterocycles. The minimum atomic E-state index is -0.00376. The maximum absolute atomic E-state index is 12.7. The standard InChI is InChI=1S/C23H26N4O2/c1-3-16-7-6-8-18(15-16)24-22(28)17-11-13-27(14-12-17)21-23(29-2)26-20-10-5-4-9-19(20)25-21/h4-10,15,17H,3,11-14H2,1-2H3,(H,24,28). The molecule has 29 heavy (non-hydrogen) atoms. The number of aromatic nitrogens is 2. The molecule has 0 spiro atoms. The van der Waals surface area contributed by atoms with Crippen molar-refractivity contribution in [2.45, 2.75) is 26.2 Å². The number of hydrogen-bond acceptors (Lipinski definition) is 5. The fourth-order valence-corrected chi connectivity index (χ4v) is 3.78. The van der Waals surface area contributed by atoms with Gasteiger partial charge in [-0.05, 0) is 49.1 Å². The number of nitrogens with one attached hydrogen (secondary N) is 1. The molecule has 6 nitrogen and oxygen atoms in total. The lowest BCUT2D eigenvalue weighted by molar-refractivity contribution is -0.120. The zero-order valence-corrected chi connectivity index (χ0v) is 16.9. The smallest absolute Gasteiger partial charge is 0.257 e. The highest BCUT2D eigenvalue weighted by Gasteiger charge is 2.27. The lowest BCUT2D eigenvalue weighted by Gasteiger charge is -2.32. The van der Waals surface area contributed by atoms with Crippen molar-refractivity contribution in [3.05, 3.63) is 54.1 Å². The SMILES string of the molecule is CCc1cccc(NC(=O)C2CCN(c3nc4ccccc4nc3OC)CC2)c1. The van der Waals surface area contributed by atoms with Gasteiger partial charge in [0.1, 0.15) is 0 Å². The largest absolute Gasteiger partial charge is 0.478 e. The fourth-order valence-electron chi connectivity index (χ4n) is 3.78. The third-order valence-corrected chi connectivity index (χ3v) is 5.48. The van der Waals surface area contributed by atoms with Crippen molar-refractivity contribution in [2.75, 3.05) is 30.4 Å². The van der Waals surface area contributed by atoms with E-state index in [1.165, 1.54) is 5.56 Å². The van der Waals surface area contributed by atoms with E-state index in [4.69, 9.17) is 9.72 Å². The van der Waals surface area contributed by atoms with Crippen molar-refractivity contribution in [3.8, 4) is 5.88 Å². The average Bonchev–Trinajstić information content (AvgIpc) is 2.78. The van der Waals surface area contributed by atoms with Gasteiger partial charge in [0, 0.05) is 24.7 Å². The molecule has 6 heteroatoms. The van der Waals surface area contributed by atoms with Gasteiger partial charge < -0.3 is 15.0 Å². The second-order valence-corrected chi connectivity index (χ2v) is 7.35. The minimum Gasteiger partial charge on any atom is -0.478 e. The van der Waals surface area contributed by atoms with Gasteiger partial charge in [0.15, 0.2) is 5.82 Å². The van der Waals surface area contributed by atoms with Gasteiger partial charge in [-0.3, -0.25) is 4.79 Å². The number of fused-ring (bicyclic) bond motifs is 1. The molecule has 1 aliphatic rings. The van der Waals surface area contributed by atoms with Crippen LogP contribution in [0.25, 0.3) is 11.0 Å². The maximum atomic E-state index is 12.7. The van der Waals surface area contributed by atoms with E-state index in [0.29, 0.717) is 5.88 Å². The Bertz CT molecular complexity index is 1010. The van der Waals surface area contributed by atoms with E-state index < -0.39 is 0 Å². The number of amides is 1. The monoisotopic (exact) mass is 390 g/mol. The highest BCUT2D eigenvalue weighted by Crippen LogP contribution is 2.30. The van der Waals surface area contributed by atoms with E-state index >= 15 is 0 Å². The zero-order valence-electron chi connectivity index (χ0n) is 16.9. The molecular weight excluding hydrogens is 364 g/mol. The second kappa shape index (κ2) is 8.47. The van der Waals surface area contributed by atoms with Gasteiger partial charge in [-0.15, -0.1) is 0 Å². The number of piperidine rings is 1. The summed E-state index contributed by atoms with van der Waals surface area (Å²) in [4.78, 5) is 24.2. The Morgan fingerprint density at radius 2 is 1.83 bits per heavy atom. The molecule has 0 atom stereocenters. The summed E-state index contributed by atoms with van der Waals surface area (Å²) in [6.07, 6.45) is 2.50. The molecule has 0 radical (unpaired) electrons. The Hall–Kier alpha value is -3.15. The number of carbonyl (C=O) groups is 1. The molecule has 1 saturated heterocycles. The maximum Gasteiger partial charge on any atom is 0.257 e. The first kappa shape index (κ1) is 19.2. The summed E-state index contributed by atoms with van der Waals surface area (Å²) in [5, 5.41) is 3.08. The molecule has 1 fully saturated rings. The number of benzene rings is 2. The Morgan fingerprint density at radius 3 is 2.52 bits per heavy atom. The first-order chi connectivity index (χ1) is 14.2. The first-order valence-corrected chi connectivity index (χ1v) is 10.1. The van der Waals surface area contributed by atoms with Crippen molar-refractivity contribution in [1.82, 2.24) is 9.97 Å². The quantitative estimate of drug-likeness (QED) is 0.712. The van der Waals surface area contributed by atoms with E-state index in [9.17, 15) is 4.79 Å². The van der Waals surface area contributed by atoms with Crippen LogP contribution in [0.3, 0.4) is 0 Å². The van der Waals surface area contributed by atoms with Crippen LogP contribution in [0.2, 0.25) is 0 Å². The Balaban J connectivity index is 1.44. The summed E-state index contributed by atoms with van der Waals surface area (Å²) >= 11 is 0. The second-order valence-electron chi connectivity index (χ2n) is 7.35. The molecule has 1 amide bonds. The number of para-hydroxylation sites is 2. The minimum absolute atomic E-state index is 0.00376. The lowest BCUT2D eigenvalue weighted by Crippen LogP contribution is -2.38. The molecule has 2 aromatic carbocycles. The van der Waals surface area contributed by atoms with Crippen molar-refractivity contribution in [3.63, 3.8) is 0 Å². The van der Waals surface area contributed by atoms with Crippen LogP contribution >= 0.6 is 0 Å². The number of ether oxygens (including phenoxy) is 1. The van der Waals surface area contributed by atoms with Gasteiger partial charge in [-0.1, -0.05) is 31.2 Å². The lowest BCUT2D eigenvalue weighted by atomic mass is 9.95. The van der Waals surface area contributed by atoms with E-state index in [1.54, 1.807) is 7.11 Å². The van der Waals surface area contributed by atoms with Crippen molar-refractivity contribution < 1.29 is 9.53 Å². The summed E-state index contributed by atoms with van der Waals surface area (Å²) in [6, 6.07) is 15.8. The van der Waals surface area contributed by atoms with Crippen molar-refractivity contribution >= 4 is 28.4 Å². The molecule has 150 valence electrons. The molecule has 3 aromatic rings. The number of nitrogens with zero attached hydrogens (tertiary/aromatic N) is 3. The summed E-state index contributed by atoms with van der Waals surface area (Å²) in [7, 11) is 1.62. The molecule has 4 rings (SSSR count). The molecule has 1 N–H and O–H groups in total. The predicted molar refractivity (Wildman–Crippen MR) is 115 cm³/mol. The predicted octanol–water partition coefficient (Wildman–Crippen LogP) is 4.06. The molecule has 0 unspecified atom stereocenters. The van der Waals surface area contributed by atoms with Crippen LogP contribution < -0.4 is 15.0 Å². The van der Waals surface area contributed by atoms with E-state index in [2.05, 4.69) is 28.2 Å². The third-order valence-electron chi connectivity index (χ3n) is 5.48. The normalized spacial score (nSPS) is 14.8. The van der Waals surface area contributed by atoms with Crippen LogP contribution in [-0.2, 0) is 11.2 Å². The third kappa shape index (κ3) is 4.16. The summed E-state index contributed by atoms with van der Waals surface area (Å²) in [6.45, 7) is 3.60. The highest BCUT2D eigenvalue weighted by atomic mass is 16.5. The number of aryl methyl sites for hydroxylation is 1. The Morgan fingerprint density at radius 1 is 1.10 bits per heavy atom. The molecule has 1 aliphatic heterocycles. The number of methoxy groups -OCH3 is 1.